The van der Waals surface area contributed by atoms with Crippen LogP contribution in [0.2, 0.25) is 0 Å². The van der Waals surface area contributed by atoms with Gasteiger partial charge in [-0.1, -0.05) is 74.5 Å². The SMILES string of the molecule is CCCSC(SCCC)c1cccc(/C=C/c2cccc(-c3ccccc3)n2)c1. The van der Waals surface area contributed by atoms with E-state index in [2.05, 4.69) is 116 Å². The fourth-order valence-corrected chi connectivity index (χ4v) is 5.54. The molecule has 1 aromatic heterocycles. The molecule has 0 aliphatic rings. The summed E-state index contributed by atoms with van der Waals surface area (Å²) in [5, 5.41) is 0. The lowest BCUT2D eigenvalue weighted by Gasteiger charge is -2.16. The summed E-state index contributed by atoms with van der Waals surface area (Å²) in [6, 6.07) is 25.5. The van der Waals surface area contributed by atoms with Gasteiger partial charge >= 0.3 is 0 Å². The quantitative estimate of drug-likeness (QED) is 0.307. The van der Waals surface area contributed by atoms with Crippen LogP contribution in [0, 0.1) is 0 Å². The summed E-state index contributed by atoms with van der Waals surface area (Å²) in [6.07, 6.45) is 6.72. The summed E-state index contributed by atoms with van der Waals surface area (Å²) in [5.74, 6) is 2.41. The lowest BCUT2D eigenvalue weighted by atomic mass is 10.1. The van der Waals surface area contributed by atoms with Crippen molar-refractivity contribution in [2.45, 2.75) is 31.3 Å². The lowest BCUT2D eigenvalue weighted by molar-refractivity contribution is 1.09. The maximum Gasteiger partial charge on any atom is 0.0751 e. The Morgan fingerprint density at radius 3 is 2.24 bits per heavy atom. The van der Waals surface area contributed by atoms with Crippen LogP contribution in [0.3, 0.4) is 0 Å². The minimum absolute atomic E-state index is 0.516. The number of hydrogen-bond donors (Lipinski definition) is 0. The molecule has 0 saturated carbocycles. The summed E-state index contributed by atoms with van der Waals surface area (Å²) in [7, 11) is 0. The molecule has 3 aromatic rings. The van der Waals surface area contributed by atoms with Crippen molar-refractivity contribution in [1.82, 2.24) is 4.98 Å². The average Bonchev–Trinajstić information content (AvgIpc) is 2.79. The summed E-state index contributed by atoms with van der Waals surface area (Å²) in [5.41, 5.74) is 5.78. The van der Waals surface area contributed by atoms with Gasteiger partial charge in [0.05, 0.1) is 16.0 Å². The highest BCUT2D eigenvalue weighted by Crippen LogP contribution is 2.40. The molecule has 0 N–H and O–H groups in total. The molecular formula is C26H29NS2. The van der Waals surface area contributed by atoms with E-state index in [1.807, 2.05) is 6.07 Å². The molecule has 0 bridgehead atoms. The van der Waals surface area contributed by atoms with Gasteiger partial charge in [-0.15, -0.1) is 23.5 Å². The molecule has 0 radical (unpaired) electrons. The highest BCUT2D eigenvalue weighted by Gasteiger charge is 2.12. The molecule has 2 aromatic carbocycles. The van der Waals surface area contributed by atoms with E-state index in [0.29, 0.717) is 4.58 Å². The molecule has 0 fully saturated rings. The number of thioether (sulfide) groups is 2. The first-order chi connectivity index (χ1) is 14.3. The maximum absolute atomic E-state index is 4.80. The first kappa shape index (κ1) is 21.7. The van der Waals surface area contributed by atoms with E-state index in [1.165, 1.54) is 35.5 Å². The molecule has 29 heavy (non-hydrogen) atoms. The third-order valence-electron chi connectivity index (χ3n) is 4.42. The Balaban J connectivity index is 1.76. The minimum atomic E-state index is 0.516. The number of rotatable bonds is 10. The molecule has 0 saturated heterocycles. The van der Waals surface area contributed by atoms with Gasteiger partial charge in [0.25, 0.3) is 0 Å². The van der Waals surface area contributed by atoms with Crippen molar-refractivity contribution < 1.29 is 0 Å². The number of hydrogen-bond acceptors (Lipinski definition) is 3. The molecule has 0 unspecified atom stereocenters. The van der Waals surface area contributed by atoms with Crippen molar-refractivity contribution in [3.05, 3.63) is 89.6 Å². The fourth-order valence-electron chi connectivity index (χ4n) is 3.00. The van der Waals surface area contributed by atoms with Crippen LogP contribution in [0.5, 0.6) is 0 Å². The van der Waals surface area contributed by atoms with Crippen LogP contribution in [0.15, 0.2) is 72.8 Å². The predicted octanol–water partition coefficient (Wildman–Crippen LogP) is 8.20. The van der Waals surface area contributed by atoms with E-state index < -0.39 is 0 Å². The molecule has 3 rings (SSSR count). The highest BCUT2D eigenvalue weighted by atomic mass is 32.2. The molecule has 150 valence electrons. The van der Waals surface area contributed by atoms with Crippen LogP contribution < -0.4 is 0 Å². The standard InChI is InChI=1S/C26H29NS2/c1-3-18-28-26(29-19-4-2)23-13-8-10-21(20-23)16-17-24-14-9-15-25(27-24)22-11-6-5-7-12-22/h5-17,20,26H,3-4,18-19H2,1-2H3/b17-16+. The number of aromatic nitrogens is 1. The van der Waals surface area contributed by atoms with Crippen LogP contribution in [0.1, 0.15) is 48.1 Å². The fraction of sp³-hybridized carbons (Fsp3) is 0.269. The molecule has 1 heterocycles. The van der Waals surface area contributed by atoms with Crippen molar-refractivity contribution in [1.29, 1.82) is 0 Å². The highest BCUT2D eigenvalue weighted by molar-refractivity contribution is 8.16. The van der Waals surface area contributed by atoms with Crippen molar-refractivity contribution in [3.8, 4) is 11.3 Å². The van der Waals surface area contributed by atoms with Crippen LogP contribution in [0.25, 0.3) is 23.4 Å². The topological polar surface area (TPSA) is 12.9 Å². The summed E-state index contributed by atoms with van der Waals surface area (Å²) in [6.45, 7) is 4.51. The summed E-state index contributed by atoms with van der Waals surface area (Å²) in [4.78, 5) is 4.80. The van der Waals surface area contributed by atoms with Crippen molar-refractivity contribution in [2.75, 3.05) is 11.5 Å². The van der Waals surface area contributed by atoms with Gasteiger partial charge in [0, 0.05) is 5.56 Å². The summed E-state index contributed by atoms with van der Waals surface area (Å²) >= 11 is 4.13. The second-order valence-corrected chi connectivity index (χ2v) is 9.62. The van der Waals surface area contributed by atoms with Gasteiger partial charge in [-0.3, -0.25) is 0 Å². The van der Waals surface area contributed by atoms with Gasteiger partial charge in [0.2, 0.25) is 0 Å². The monoisotopic (exact) mass is 419 g/mol. The number of pyridine rings is 1. The second kappa shape index (κ2) is 11.9. The van der Waals surface area contributed by atoms with E-state index in [0.717, 1.165) is 17.0 Å². The molecule has 0 aliphatic heterocycles. The third kappa shape index (κ3) is 6.80. The maximum atomic E-state index is 4.80. The Hall–Kier alpha value is -1.97. The Labute approximate surface area is 184 Å². The van der Waals surface area contributed by atoms with Crippen LogP contribution in [0.4, 0.5) is 0 Å². The third-order valence-corrected chi connectivity index (χ3v) is 7.67. The molecule has 0 amide bonds. The van der Waals surface area contributed by atoms with E-state index >= 15 is 0 Å². The van der Waals surface area contributed by atoms with Gasteiger partial charge in [0.1, 0.15) is 0 Å². The Kier molecular flexibility index (Phi) is 8.91. The van der Waals surface area contributed by atoms with E-state index in [-0.39, 0.29) is 0 Å². The largest absolute Gasteiger partial charge is 0.248 e. The first-order valence-corrected chi connectivity index (χ1v) is 12.4. The van der Waals surface area contributed by atoms with Crippen molar-refractivity contribution in [2.24, 2.45) is 0 Å². The molecule has 0 atom stereocenters. The van der Waals surface area contributed by atoms with Gasteiger partial charge < -0.3 is 0 Å². The molecule has 0 aliphatic carbocycles. The van der Waals surface area contributed by atoms with Crippen molar-refractivity contribution in [3.63, 3.8) is 0 Å². The zero-order chi connectivity index (χ0) is 20.3. The van der Waals surface area contributed by atoms with Crippen LogP contribution in [-0.4, -0.2) is 16.5 Å². The van der Waals surface area contributed by atoms with E-state index in [9.17, 15) is 0 Å². The smallest absolute Gasteiger partial charge is 0.0751 e. The molecular weight excluding hydrogens is 390 g/mol. The van der Waals surface area contributed by atoms with Crippen LogP contribution in [-0.2, 0) is 0 Å². The normalized spacial score (nSPS) is 11.4. The number of benzene rings is 2. The van der Waals surface area contributed by atoms with Gasteiger partial charge in [-0.2, -0.15) is 0 Å². The first-order valence-electron chi connectivity index (χ1n) is 10.3. The second-order valence-electron chi connectivity index (χ2n) is 6.89. The van der Waals surface area contributed by atoms with Gasteiger partial charge in [-0.05, 0) is 59.7 Å². The zero-order valence-electron chi connectivity index (χ0n) is 17.3. The molecule has 3 heteroatoms. The zero-order valence-corrected chi connectivity index (χ0v) is 18.9. The van der Waals surface area contributed by atoms with Gasteiger partial charge in [-0.25, -0.2) is 4.98 Å². The van der Waals surface area contributed by atoms with E-state index in [4.69, 9.17) is 4.98 Å². The Bertz CT molecular complexity index is 897. The Morgan fingerprint density at radius 2 is 1.52 bits per heavy atom. The van der Waals surface area contributed by atoms with Crippen LogP contribution >= 0.6 is 23.5 Å². The van der Waals surface area contributed by atoms with Crippen molar-refractivity contribution >= 4 is 35.7 Å². The number of nitrogens with zero attached hydrogens (tertiary/aromatic N) is 1. The molecule has 1 nitrogen and oxygen atoms in total. The van der Waals surface area contributed by atoms with E-state index in [1.54, 1.807) is 0 Å². The Morgan fingerprint density at radius 1 is 0.793 bits per heavy atom. The molecule has 0 spiro atoms. The average molecular weight is 420 g/mol. The lowest BCUT2D eigenvalue weighted by Crippen LogP contribution is -1.93. The summed E-state index contributed by atoms with van der Waals surface area (Å²) < 4.78 is 0.516. The van der Waals surface area contributed by atoms with Gasteiger partial charge in [0.15, 0.2) is 0 Å². The minimum Gasteiger partial charge on any atom is -0.248 e. The predicted molar refractivity (Wildman–Crippen MR) is 133 cm³/mol.